The molecule has 3 aliphatic rings. The highest BCUT2D eigenvalue weighted by Gasteiger charge is 2.42. The van der Waals surface area contributed by atoms with Gasteiger partial charge in [-0.3, -0.25) is 9.59 Å². The zero-order valence-electron chi connectivity index (χ0n) is 20.6. The fraction of sp³-hybridized carbons (Fsp3) is 0.290. The number of carbonyl (C=O) groups excluding carboxylic acids is 2. The highest BCUT2D eigenvalue weighted by atomic mass is 79.9. The smallest absolute Gasteiger partial charge is 0.175 e. The molecule has 0 saturated carbocycles. The van der Waals surface area contributed by atoms with Gasteiger partial charge in [0.05, 0.1) is 11.6 Å². The molecule has 0 saturated heterocycles. The second-order valence-electron chi connectivity index (χ2n) is 9.72. The van der Waals surface area contributed by atoms with E-state index in [-0.39, 0.29) is 11.6 Å². The molecule has 0 radical (unpaired) electrons. The maximum atomic E-state index is 13.1. The molecule has 3 aromatic carbocycles. The molecule has 2 aliphatic carbocycles. The summed E-state index contributed by atoms with van der Waals surface area (Å²) in [4.78, 5) is 26.3. The van der Waals surface area contributed by atoms with Gasteiger partial charge in [0.2, 0.25) is 0 Å². The molecule has 1 aliphatic heterocycles. The number of methoxy groups -OCH3 is 1. The van der Waals surface area contributed by atoms with Gasteiger partial charge in [-0.25, -0.2) is 0 Å². The number of ketones is 2. The molecule has 0 spiro atoms. The first kappa shape index (κ1) is 24.0. The molecule has 3 aromatic rings. The minimum atomic E-state index is -0.448. The van der Waals surface area contributed by atoms with Crippen LogP contribution >= 0.6 is 15.9 Å². The van der Waals surface area contributed by atoms with Crippen molar-refractivity contribution in [3.05, 3.63) is 92.9 Å². The molecule has 0 amide bonds. The molecule has 1 heterocycles. The lowest BCUT2D eigenvalue weighted by Crippen LogP contribution is -2.30. The number of rotatable bonds is 5. The Morgan fingerprint density at radius 2 is 1.57 bits per heavy atom. The van der Waals surface area contributed by atoms with Crippen LogP contribution in [0.4, 0.5) is 0 Å². The summed E-state index contributed by atoms with van der Waals surface area (Å²) in [6, 6.07) is 18.3. The van der Waals surface area contributed by atoms with E-state index in [9.17, 15) is 9.59 Å². The number of hydrogen-bond donors (Lipinski definition) is 0. The Bertz CT molecular complexity index is 1450. The Labute approximate surface area is 224 Å². The maximum absolute atomic E-state index is 13.1. The van der Waals surface area contributed by atoms with Gasteiger partial charge < -0.3 is 14.2 Å². The van der Waals surface area contributed by atoms with Gasteiger partial charge in [-0.05, 0) is 62.8 Å². The molecule has 0 fully saturated rings. The quantitative estimate of drug-likeness (QED) is 0.328. The molecule has 0 unspecified atom stereocenters. The summed E-state index contributed by atoms with van der Waals surface area (Å²) in [5.41, 5.74) is 3.15. The molecule has 0 N–H and O–H groups in total. The first-order valence-corrected chi connectivity index (χ1v) is 13.5. The summed E-state index contributed by atoms with van der Waals surface area (Å²) in [5.74, 6) is 2.25. The number of halogens is 1. The predicted molar refractivity (Wildman–Crippen MR) is 145 cm³/mol. The summed E-state index contributed by atoms with van der Waals surface area (Å²) < 4.78 is 18.9. The fourth-order valence-corrected chi connectivity index (χ4v) is 6.34. The van der Waals surface area contributed by atoms with Crippen molar-refractivity contribution in [2.24, 2.45) is 0 Å². The molecule has 0 aromatic heterocycles. The van der Waals surface area contributed by atoms with Crippen molar-refractivity contribution >= 4 is 38.3 Å². The maximum Gasteiger partial charge on any atom is 0.175 e. The van der Waals surface area contributed by atoms with Gasteiger partial charge in [0, 0.05) is 42.7 Å². The molecule has 6 rings (SSSR count). The van der Waals surface area contributed by atoms with Gasteiger partial charge in [0.1, 0.15) is 18.1 Å². The summed E-state index contributed by atoms with van der Waals surface area (Å²) >= 11 is 3.70. The van der Waals surface area contributed by atoms with E-state index in [0.717, 1.165) is 46.3 Å². The Morgan fingerprint density at radius 3 is 2.27 bits per heavy atom. The standard InChI is InChI=1S/C31H27BrO5/c1-35-27-16-20(15-22(32)31(27)36-17-19-9-4-8-18-7-2-3-10-21(18)19)28-29-23(33)11-5-13-25(29)37-26-14-6-12-24(34)30(26)28/h2-4,7-10,15-16,28H,5-6,11-14,17H2,1H3. The number of Topliss-reactive ketones (excluding diaryl/α,β-unsaturated/α-hetero) is 2. The van der Waals surface area contributed by atoms with E-state index in [1.807, 2.05) is 30.3 Å². The third-order valence-electron chi connectivity index (χ3n) is 7.48. The van der Waals surface area contributed by atoms with Gasteiger partial charge in [-0.1, -0.05) is 42.5 Å². The Kier molecular flexibility index (Phi) is 6.37. The van der Waals surface area contributed by atoms with E-state index in [1.165, 1.54) is 0 Å². The average Bonchev–Trinajstić information content (AvgIpc) is 2.91. The largest absolute Gasteiger partial charge is 0.493 e. The van der Waals surface area contributed by atoms with Crippen molar-refractivity contribution in [2.75, 3.05) is 7.11 Å². The van der Waals surface area contributed by atoms with Crippen molar-refractivity contribution in [1.29, 1.82) is 0 Å². The molecule has 0 bridgehead atoms. The Hall–Kier alpha value is -3.38. The molecule has 5 nitrogen and oxygen atoms in total. The van der Waals surface area contributed by atoms with Gasteiger partial charge in [-0.15, -0.1) is 0 Å². The van der Waals surface area contributed by atoms with E-state index in [1.54, 1.807) is 7.11 Å². The van der Waals surface area contributed by atoms with Crippen molar-refractivity contribution in [2.45, 2.75) is 51.0 Å². The highest BCUT2D eigenvalue weighted by Crippen LogP contribution is 2.50. The van der Waals surface area contributed by atoms with Crippen LogP contribution in [-0.2, 0) is 20.9 Å². The predicted octanol–water partition coefficient (Wildman–Crippen LogP) is 7.32. The van der Waals surface area contributed by atoms with Gasteiger partial charge in [-0.2, -0.15) is 0 Å². The monoisotopic (exact) mass is 558 g/mol. The van der Waals surface area contributed by atoms with Crippen LogP contribution in [0.25, 0.3) is 10.8 Å². The molecule has 37 heavy (non-hydrogen) atoms. The molecular formula is C31H27BrO5. The van der Waals surface area contributed by atoms with E-state index >= 15 is 0 Å². The van der Waals surface area contributed by atoms with Crippen molar-refractivity contribution < 1.29 is 23.8 Å². The van der Waals surface area contributed by atoms with Crippen LogP contribution in [0.3, 0.4) is 0 Å². The highest BCUT2D eigenvalue weighted by molar-refractivity contribution is 9.10. The SMILES string of the molecule is COc1cc(C2C3=C(CCCC3=O)OC3=C2C(=O)CCC3)cc(Br)c1OCc1cccc2ccccc12. The van der Waals surface area contributed by atoms with Crippen LogP contribution in [0.5, 0.6) is 11.5 Å². The van der Waals surface area contributed by atoms with Crippen molar-refractivity contribution in [1.82, 2.24) is 0 Å². The molecule has 188 valence electrons. The summed E-state index contributed by atoms with van der Waals surface area (Å²) in [5, 5.41) is 2.30. The van der Waals surface area contributed by atoms with E-state index in [4.69, 9.17) is 14.2 Å². The van der Waals surface area contributed by atoms with Crippen molar-refractivity contribution in [3.8, 4) is 11.5 Å². The van der Waals surface area contributed by atoms with Crippen molar-refractivity contribution in [3.63, 3.8) is 0 Å². The number of hydrogen-bond acceptors (Lipinski definition) is 5. The van der Waals surface area contributed by atoms with Crippen LogP contribution < -0.4 is 9.47 Å². The minimum Gasteiger partial charge on any atom is -0.493 e. The third-order valence-corrected chi connectivity index (χ3v) is 8.07. The Balaban J connectivity index is 1.40. The zero-order chi connectivity index (χ0) is 25.5. The van der Waals surface area contributed by atoms with Gasteiger partial charge >= 0.3 is 0 Å². The lowest BCUT2D eigenvalue weighted by molar-refractivity contribution is -0.117. The van der Waals surface area contributed by atoms with E-state index in [0.29, 0.717) is 59.4 Å². The lowest BCUT2D eigenvalue weighted by Gasteiger charge is -2.36. The molecule has 6 heteroatoms. The van der Waals surface area contributed by atoms with E-state index in [2.05, 4.69) is 40.2 Å². The normalized spacial score (nSPS) is 18.0. The number of carbonyl (C=O) groups is 2. The number of fused-ring (bicyclic) bond motifs is 1. The number of benzene rings is 3. The van der Waals surface area contributed by atoms with Crippen LogP contribution in [0.1, 0.15) is 55.6 Å². The molecular weight excluding hydrogens is 532 g/mol. The first-order valence-electron chi connectivity index (χ1n) is 12.7. The topological polar surface area (TPSA) is 61.8 Å². The van der Waals surface area contributed by atoms with Crippen LogP contribution in [0, 0.1) is 0 Å². The minimum absolute atomic E-state index is 0.0579. The van der Waals surface area contributed by atoms with Crippen LogP contribution in [0.2, 0.25) is 0 Å². The second kappa shape index (κ2) is 9.82. The summed E-state index contributed by atoms with van der Waals surface area (Å²) in [7, 11) is 1.60. The summed E-state index contributed by atoms with van der Waals surface area (Å²) in [6.45, 7) is 0.370. The average molecular weight is 559 g/mol. The first-order chi connectivity index (χ1) is 18.0. The van der Waals surface area contributed by atoms with Gasteiger partial charge in [0.15, 0.2) is 23.1 Å². The lowest BCUT2D eigenvalue weighted by atomic mass is 9.73. The Morgan fingerprint density at radius 1 is 0.892 bits per heavy atom. The van der Waals surface area contributed by atoms with Gasteiger partial charge in [0.25, 0.3) is 0 Å². The van der Waals surface area contributed by atoms with E-state index < -0.39 is 5.92 Å². The molecule has 0 atom stereocenters. The second-order valence-corrected chi connectivity index (χ2v) is 10.6. The van der Waals surface area contributed by atoms with Crippen LogP contribution in [0.15, 0.2) is 81.7 Å². The third kappa shape index (κ3) is 4.27. The van der Waals surface area contributed by atoms with Crippen LogP contribution in [-0.4, -0.2) is 18.7 Å². The number of ether oxygens (including phenoxy) is 3. The number of allylic oxidation sites excluding steroid dienone is 4. The zero-order valence-corrected chi connectivity index (χ0v) is 22.2. The summed E-state index contributed by atoms with van der Waals surface area (Å²) in [6.07, 6.45) is 3.92. The fourth-order valence-electron chi connectivity index (χ4n) is 5.77.